The van der Waals surface area contributed by atoms with Gasteiger partial charge in [0.15, 0.2) is 0 Å². The minimum atomic E-state index is -4.08. The standard InChI is InChI=1S/C32H39N3O5S/c1-24-17-19-28(20-18-24)35(41(38,39)30-15-8-5-9-16-30)23-31(36)34(22-26-11-10-14-29(21-26)40-3)25(2)32(37)33-27-12-6-4-7-13-27/h5,8-11,14-21,25,27H,4,6-7,12-13,22-23H2,1-3H3,(H,33,37). The zero-order valence-electron chi connectivity index (χ0n) is 24.0. The van der Waals surface area contributed by atoms with E-state index in [1.54, 1.807) is 50.4 Å². The van der Waals surface area contributed by atoms with E-state index in [0.29, 0.717) is 11.4 Å². The van der Waals surface area contributed by atoms with E-state index in [1.165, 1.54) is 17.0 Å². The van der Waals surface area contributed by atoms with Crippen molar-refractivity contribution in [2.24, 2.45) is 0 Å². The molecule has 9 heteroatoms. The van der Waals surface area contributed by atoms with Gasteiger partial charge in [-0.1, -0.05) is 67.3 Å². The molecule has 1 aliphatic carbocycles. The Hall–Kier alpha value is -3.85. The van der Waals surface area contributed by atoms with Gasteiger partial charge in [-0.15, -0.1) is 0 Å². The largest absolute Gasteiger partial charge is 0.497 e. The second kappa shape index (κ2) is 13.7. The zero-order valence-corrected chi connectivity index (χ0v) is 24.8. The van der Waals surface area contributed by atoms with Crippen LogP contribution in [0.15, 0.2) is 83.8 Å². The van der Waals surface area contributed by atoms with E-state index in [9.17, 15) is 18.0 Å². The van der Waals surface area contributed by atoms with Crippen LogP contribution in [-0.4, -0.2) is 50.9 Å². The van der Waals surface area contributed by atoms with Gasteiger partial charge in [-0.05, 0) is 68.7 Å². The molecule has 0 aliphatic heterocycles. The molecule has 1 saturated carbocycles. The monoisotopic (exact) mass is 577 g/mol. The van der Waals surface area contributed by atoms with Gasteiger partial charge >= 0.3 is 0 Å². The maximum Gasteiger partial charge on any atom is 0.264 e. The van der Waals surface area contributed by atoms with Crippen LogP contribution >= 0.6 is 0 Å². The van der Waals surface area contributed by atoms with Crippen LogP contribution in [-0.2, 0) is 26.2 Å². The average Bonchev–Trinajstić information content (AvgIpc) is 2.99. The first kappa shape index (κ1) is 30.1. The van der Waals surface area contributed by atoms with Crippen molar-refractivity contribution >= 4 is 27.5 Å². The maximum absolute atomic E-state index is 14.1. The van der Waals surface area contributed by atoms with Gasteiger partial charge in [-0.2, -0.15) is 0 Å². The number of sulfonamides is 1. The molecule has 8 nitrogen and oxygen atoms in total. The highest BCUT2D eigenvalue weighted by molar-refractivity contribution is 7.92. The second-order valence-corrected chi connectivity index (χ2v) is 12.4. The van der Waals surface area contributed by atoms with Gasteiger partial charge in [0.2, 0.25) is 11.8 Å². The molecule has 218 valence electrons. The van der Waals surface area contributed by atoms with Gasteiger partial charge in [0.05, 0.1) is 17.7 Å². The van der Waals surface area contributed by atoms with Crippen molar-refractivity contribution in [3.8, 4) is 5.75 Å². The lowest BCUT2D eigenvalue weighted by Gasteiger charge is -2.33. The minimum absolute atomic E-state index is 0.0787. The van der Waals surface area contributed by atoms with Gasteiger partial charge in [-0.3, -0.25) is 13.9 Å². The van der Waals surface area contributed by atoms with Crippen molar-refractivity contribution < 1.29 is 22.7 Å². The number of nitrogens with one attached hydrogen (secondary N) is 1. The number of carbonyl (C=O) groups is 2. The first-order chi connectivity index (χ1) is 19.7. The molecule has 1 N–H and O–H groups in total. The Kier molecular flexibility index (Phi) is 10.0. The van der Waals surface area contributed by atoms with Gasteiger partial charge in [0, 0.05) is 12.6 Å². The maximum atomic E-state index is 14.1. The van der Waals surface area contributed by atoms with Crippen LogP contribution in [0.1, 0.15) is 50.2 Å². The Morgan fingerprint density at radius 3 is 2.29 bits per heavy atom. The third-order valence-electron chi connectivity index (χ3n) is 7.54. The van der Waals surface area contributed by atoms with Crippen LogP contribution in [0.4, 0.5) is 5.69 Å². The normalized spacial score (nSPS) is 14.6. The molecular formula is C32H39N3O5S. The van der Waals surface area contributed by atoms with Crippen LogP contribution in [0, 0.1) is 6.92 Å². The van der Waals surface area contributed by atoms with Gasteiger partial charge in [0.25, 0.3) is 10.0 Å². The van der Waals surface area contributed by atoms with E-state index in [1.807, 2.05) is 37.3 Å². The number of benzene rings is 3. The Morgan fingerprint density at radius 2 is 1.63 bits per heavy atom. The number of ether oxygens (including phenoxy) is 1. The number of hydrogen-bond donors (Lipinski definition) is 1. The number of aryl methyl sites for hydroxylation is 1. The molecule has 0 spiro atoms. The predicted octanol–water partition coefficient (Wildman–Crippen LogP) is 5.07. The van der Waals surface area contributed by atoms with Crippen molar-refractivity contribution in [3.05, 3.63) is 90.0 Å². The molecular weight excluding hydrogens is 538 g/mol. The summed E-state index contributed by atoms with van der Waals surface area (Å²) in [6.07, 6.45) is 5.12. The van der Waals surface area contributed by atoms with Gasteiger partial charge in [-0.25, -0.2) is 8.42 Å². The van der Waals surface area contributed by atoms with Crippen LogP contribution in [0.2, 0.25) is 0 Å². The molecule has 1 unspecified atom stereocenters. The Morgan fingerprint density at radius 1 is 0.951 bits per heavy atom. The molecule has 0 bridgehead atoms. The summed E-state index contributed by atoms with van der Waals surface area (Å²) >= 11 is 0. The van der Waals surface area contributed by atoms with Crippen LogP contribution in [0.3, 0.4) is 0 Å². The lowest BCUT2D eigenvalue weighted by Crippen LogP contribution is -2.53. The highest BCUT2D eigenvalue weighted by Crippen LogP contribution is 2.25. The van der Waals surface area contributed by atoms with Gasteiger partial charge in [0.1, 0.15) is 18.3 Å². The Labute approximate surface area is 243 Å². The van der Waals surface area contributed by atoms with Crippen molar-refractivity contribution in [3.63, 3.8) is 0 Å². The number of amides is 2. The molecule has 2 amide bonds. The summed E-state index contributed by atoms with van der Waals surface area (Å²) in [5.74, 6) is -0.109. The summed E-state index contributed by atoms with van der Waals surface area (Å²) in [6.45, 7) is 3.25. The third-order valence-corrected chi connectivity index (χ3v) is 9.33. The number of anilines is 1. The minimum Gasteiger partial charge on any atom is -0.497 e. The number of carbonyl (C=O) groups excluding carboxylic acids is 2. The zero-order chi connectivity index (χ0) is 29.4. The SMILES string of the molecule is COc1cccc(CN(C(=O)CN(c2ccc(C)cc2)S(=O)(=O)c2ccccc2)C(C)C(=O)NC2CCCCC2)c1. The summed E-state index contributed by atoms with van der Waals surface area (Å²) in [5.41, 5.74) is 2.10. The first-order valence-electron chi connectivity index (χ1n) is 14.1. The molecule has 1 atom stereocenters. The molecule has 1 aliphatic rings. The fraction of sp³-hybridized carbons (Fsp3) is 0.375. The van der Waals surface area contributed by atoms with Crippen molar-refractivity contribution in [1.29, 1.82) is 0 Å². The Balaban J connectivity index is 1.67. The fourth-order valence-corrected chi connectivity index (χ4v) is 6.51. The fourth-order valence-electron chi connectivity index (χ4n) is 5.08. The second-order valence-electron chi connectivity index (χ2n) is 10.6. The average molecular weight is 578 g/mol. The molecule has 3 aromatic carbocycles. The molecule has 4 rings (SSSR count). The molecule has 0 radical (unpaired) electrons. The van der Waals surface area contributed by atoms with Gasteiger partial charge < -0.3 is 15.0 Å². The van der Waals surface area contributed by atoms with E-state index in [4.69, 9.17) is 4.74 Å². The lowest BCUT2D eigenvalue weighted by atomic mass is 9.95. The lowest BCUT2D eigenvalue weighted by molar-refractivity contribution is -0.139. The summed E-state index contributed by atoms with van der Waals surface area (Å²) in [4.78, 5) is 29.0. The van der Waals surface area contributed by atoms with Crippen molar-refractivity contribution in [2.75, 3.05) is 18.0 Å². The molecule has 0 heterocycles. The highest BCUT2D eigenvalue weighted by Gasteiger charge is 2.33. The van der Waals surface area contributed by atoms with Crippen LogP contribution in [0.25, 0.3) is 0 Å². The third kappa shape index (κ3) is 7.67. The number of rotatable bonds is 11. The number of hydrogen-bond acceptors (Lipinski definition) is 5. The number of nitrogens with zero attached hydrogens (tertiary/aromatic N) is 2. The highest BCUT2D eigenvalue weighted by atomic mass is 32.2. The van der Waals surface area contributed by atoms with Crippen LogP contribution < -0.4 is 14.4 Å². The summed E-state index contributed by atoms with van der Waals surface area (Å²) in [5, 5.41) is 3.12. The number of methoxy groups -OCH3 is 1. The van der Waals surface area contributed by atoms with E-state index < -0.39 is 28.5 Å². The van der Waals surface area contributed by atoms with E-state index >= 15 is 0 Å². The summed E-state index contributed by atoms with van der Waals surface area (Å²) < 4.78 is 34.2. The van der Waals surface area contributed by atoms with Crippen LogP contribution in [0.5, 0.6) is 5.75 Å². The summed E-state index contributed by atoms with van der Waals surface area (Å²) in [6, 6.07) is 21.6. The first-order valence-corrected chi connectivity index (χ1v) is 15.5. The van der Waals surface area contributed by atoms with E-state index in [0.717, 1.165) is 47.5 Å². The molecule has 41 heavy (non-hydrogen) atoms. The Bertz CT molecular complexity index is 1420. The van der Waals surface area contributed by atoms with Crippen molar-refractivity contribution in [2.45, 2.75) is 69.5 Å². The van der Waals surface area contributed by atoms with E-state index in [2.05, 4.69) is 5.32 Å². The summed E-state index contributed by atoms with van der Waals surface area (Å²) in [7, 11) is -2.52. The smallest absolute Gasteiger partial charge is 0.264 e. The predicted molar refractivity (Wildman–Crippen MR) is 160 cm³/mol. The molecule has 1 fully saturated rings. The molecule has 0 saturated heterocycles. The quantitative estimate of drug-likeness (QED) is 0.344. The van der Waals surface area contributed by atoms with E-state index in [-0.39, 0.29) is 23.4 Å². The molecule has 3 aromatic rings. The topological polar surface area (TPSA) is 96.0 Å². The molecule has 0 aromatic heterocycles. The van der Waals surface area contributed by atoms with Crippen molar-refractivity contribution in [1.82, 2.24) is 10.2 Å².